The zero-order chi connectivity index (χ0) is 24.1. The van der Waals surface area contributed by atoms with Gasteiger partial charge in [-0.3, -0.25) is 13.9 Å². The van der Waals surface area contributed by atoms with E-state index in [1.54, 1.807) is 32.9 Å². The molecule has 0 fully saturated rings. The van der Waals surface area contributed by atoms with Crippen LogP contribution in [0.5, 0.6) is 0 Å². The monoisotopic (exact) mass is 463 g/mol. The summed E-state index contributed by atoms with van der Waals surface area (Å²) >= 11 is 0. The number of aryl methyl sites for hydroxylation is 2. The van der Waals surface area contributed by atoms with Crippen molar-refractivity contribution in [3.63, 3.8) is 0 Å². The molecule has 0 aliphatic rings. The molecule has 0 saturated heterocycles. The fourth-order valence-electron chi connectivity index (χ4n) is 3.27. The third kappa shape index (κ3) is 6.53. The van der Waals surface area contributed by atoms with Gasteiger partial charge in [0.25, 0.3) is 0 Å². The summed E-state index contributed by atoms with van der Waals surface area (Å²) in [5, 5.41) is 2.68. The maximum atomic E-state index is 13.4. The van der Waals surface area contributed by atoms with Gasteiger partial charge in [-0.15, -0.1) is 0 Å². The van der Waals surface area contributed by atoms with Gasteiger partial charge in [0.05, 0.1) is 11.9 Å². The van der Waals surface area contributed by atoms with Gasteiger partial charge >= 0.3 is 0 Å². The lowest BCUT2D eigenvalue weighted by atomic mass is 10.1. The molecule has 0 heterocycles. The predicted molar refractivity (Wildman–Crippen MR) is 123 cm³/mol. The van der Waals surface area contributed by atoms with E-state index in [2.05, 4.69) is 5.32 Å². The Hall–Kier alpha value is -2.94. The van der Waals surface area contributed by atoms with Crippen molar-refractivity contribution in [2.75, 3.05) is 23.7 Å². The number of amides is 2. The van der Waals surface area contributed by atoms with Crippen molar-refractivity contribution < 1.29 is 22.4 Å². The molecule has 0 spiro atoms. The van der Waals surface area contributed by atoms with Crippen molar-refractivity contribution in [1.29, 1.82) is 0 Å². The number of benzene rings is 2. The molecule has 1 unspecified atom stereocenters. The van der Waals surface area contributed by atoms with Crippen molar-refractivity contribution in [3.8, 4) is 0 Å². The highest BCUT2D eigenvalue weighted by Crippen LogP contribution is 2.24. The number of nitrogens with zero attached hydrogens (tertiary/aromatic N) is 2. The summed E-state index contributed by atoms with van der Waals surface area (Å²) in [5.41, 5.74) is 2.59. The van der Waals surface area contributed by atoms with E-state index < -0.39 is 34.3 Å². The highest BCUT2D eigenvalue weighted by atomic mass is 32.2. The van der Waals surface area contributed by atoms with E-state index in [9.17, 15) is 22.4 Å². The average molecular weight is 464 g/mol. The Labute approximate surface area is 189 Å². The Bertz CT molecular complexity index is 1070. The lowest BCUT2D eigenvalue weighted by Crippen LogP contribution is -2.51. The lowest BCUT2D eigenvalue weighted by Gasteiger charge is -2.32. The fraction of sp³-hybridized carbons (Fsp3) is 0.391. The van der Waals surface area contributed by atoms with Crippen molar-refractivity contribution in [2.24, 2.45) is 0 Å². The number of likely N-dealkylation sites (N-methyl/N-ethyl adjacent to an activating group) is 1. The standard InChI is InChI=1S/C23H30FN3O4S/c1-6-25-23(29)18(4)26(14-19-9-11-20(24)12-10-19)22(28)15-27(32(5,30)31)21-13-16(2)7-8-17(21)3/h7-13,18H,6,14-15H2,1-5H3,(H,25,29). The third-order valence-electron chi connectivity index (χ3n) is 5.10. The minimum Gasteiger partial charge on any atom is -0.355 e. The molecule has 7 nitrogen and oxygen atoms in total. The largest absolute Gasteiger partial charge is 0.355 e. The SMILES string of the molecule is CCNC(=O)C(C)N(Cc1ccc(F)cc1)C(=O)CN(c1cc(C)ccc1C)S(C)(=O)=O. The minimum absolute atomic E-state index is 0.0296. The molecule has 0 radical (unpaired) electrons. The van der Waals surface area contributed by atoms with Crippen LogP contribution in [0.2, 0.25) is 0 Å². The second kappa shape index (κ2) is 10.6. The van der Waals surface area contributed by atoms with E-state index in [1.807, 2.05) is 13.0 Å². The first-order chi connectivity index (χ1) is 14.9. The van der Waals surface area contributed by atoms with Crippen LogP contribution >= 0.6 is 0 Å². The van der Waals surface area contributed by atoms with E-state index in [0.29, 0.717) is 23.4 Å². The van der Waals surface area contributed by atoms with Gasteiger partial charge in [0.1, 0.15) is 18.4 Å². The van der Waals surface area contributed by atoms with Crippen LogP contribution in [0.4, 0.5) is 10.1 Å². The maximum absolute atomic E-state index is 13.4. The maximum Gasteiger partial charge on any atom is 0.244 e. The normalized spacial score (nSPS) is 12.2. The smallest absolute Gasteiger partial charge is 0.244 e. The first-order valence-corrected chi connectivity index (χ1v) is 12.2. The average Bonchev–Trinajstić information content (AvgIpc) is 2.72. The molecule has 32 heavy (non-hydrogen) atoms. The molecular formula is C23H30FN3O4S. The Kier molecular flexibility index (Phi) is 8.38. The van der Waals surface area contributed by atoms with Crippen LogP contribution < -0.4 is 9.62 Å². The van der Waals surface area contributed by atoms with Crippen molar-refractivity contribution in [3.05, 3.63) is 65.0 Å². The van der Waals surface area contributed by atoms with Gasteiger partial charge in [-0.25, -0.2) is 12.8 Å². The molecule has 9 heteroatoms. The van der Waals surface area contributed by atoms with Gasteiger partial charge in [-0.1, -0.05) is 24.3 Å². The molecular weight excluding hydrogens is 433 g/mol. The number of rotatable bonds is 9. The molecule has 0 aromatic heterocycles. The van der Waals surface area contributed by atoms with E-state index in [4.69, 9.17) is 0 Å². The summed E-state index contributed by atoms with van der Waals surface area (Å²) in [6.07, 6.45) is 1.04. The molecule has 1 N–H and O–H groups in total. The van der Waals surface area contributed by atoms with Gasteiger partial charge in [-0.2, -0.15) is 0 Å². The molecule has 2 amide bonds. The summed E-state index contributed by atoms with van der Waals surface area (Å²) in [6, 6.07) is 10.1. The minimum atomic E-state index is -3.78. The van der Waals surface area contributed by atoms with Crippen molar-refractivity contribution in [1.82, 2.24) is 10.2 Å². The van der Waals surface area contributed by atoms with Crippen LogP contribution in [0.1, 0.15) is 30.5 Å². The fourth-order valence-corrected chi connectivity index (χ4v) is 4.17. The third-order valence-corrected chi connectivity index (χ3v) is 6.22. The van der Waals surface area contributed by atoms with Crippen molar-refractivity contribution >= 4 is 27.5 Å². The second-order valence-electron chi connectivity index (χ2n) is 7.78. The highest BCUT2D eigenvalue weighted by molar-refractivity contribution is 7.92. The first-order valence-electron chi connectivity index (χ1n) is 10.3. The van der Waals surface area contributed by atoms with Crippen LogP contribution in [0.3, 0.4) is 0 Å². The Balaban J connectivity index is 2.42. The number of carbonyl (C=O) groups excluding carboxylic acids is 2. The van der Waals surface area contributed by atoms with Crippen LogP contribution in [-0.4, -0.2) is 50.5 Å². The molecule has 174 valence electrons. The molecule has 0 aliphatic heterocycles. The predicted octanol–water partition coefficient (Wildman–Crippen LogP) is 2.76. The van der Waals surface area contributed by atoms with E-state index >= 15 is 0 Å². The number of carbonyl (C=O) groups is 2. The topological polar surface area (TPSA) is 86.8 Å². The number of hydrogen-bond acceptors (Lipinski definition) is 4. The van der Waals surface area contributed by atoms with Gasteiger partial charge in [-0.05, 0) is 62.6 Å². The van der Waals surface area contributed by atoms with Crippen molar-refractivity contribution in [2.45, 2.75) is 40.3 Å². The zero-order valence-electron chi connectivity index (χ0n) is 19.1. The Morgan fingerprint density at radius 3 is 2.28 bits per heavy atom. The van der Waals surface area contributed by atoms with Crippen LogP contribution in [0.25, 0.3) is 0 Å². The number of anilines is 1. The summed E-state index contributed by atoms with van der Waals surface area (Å²) in [7, 11) is -3.78. The number of hydrogen-bond donors (Lipinski definition) is 1. The highest BCUT2D eigenvalue weighted by Gasteiger charge is 2.30. The van der Waals surface area contributed by atoms with Gasteiger partial charge in [0.2, 0.25) is 21.8 Å². The molecule has 0 aliphatic carbocycles. The summed E-state index contributed by atoms with van der Waals surface area (Å²) in [6.45, 7) is 6.90. The van der Waals surface area contributed by atoms with E-state index in [-0.39, 0.29) is 12.5 Å². The number of halogens is 1. The van der Waals surface area contributed by atoms with Crippen LogP contribution in [0.15, 0.2) is 42.5 Å². The zero-order valence-corrected chi connectivity index (χ0v) is 19.9. The number of nitrogens with one attached hydrogen (secondary N) is 1. The van der Waals surface area contributed by atoms with Gasteiger partial charge in [0.15, 0.2) is 0 Å². The van der Waals surface area contributed by atoms with Crippen LogP contribution in [0, 0.1) is 19.7 Å². The molecule has 1 atom stereocenters. The first kappa shape index (κ1) is 25.3. The van der Waals surface area contributed by atoms with E-state index in [0.717, 1.165) is 16.1 Å². The summed E-state index contributed by atoms with van der Waals surface area (Å²) < 4.78 is 39.5. The van der Waals surface area contributed by atoms with Gasteiger partial charge < -0.3 is 10.2 Å². The molecule has 0 bridgehead atoms. The Morgan fingerprint density at radius 1 is 1.09 bits per heavy atom. The number of sulfonamides is 1. The molecule has 2 rings (SSSR count). The molecule has 2 aromatic rings. The molecule has 2 aromatic carbocycles. The quantitative estimate of drug-likeness (QED) is 0.620. The summed E-state index contributed by atoms with van der Waals surface area (Å²) in [4.78, 5) is 27.2. The Morgan fingerprint density at radius 2 is 1.72 bits per heavy atom. The lowest BCUT2D eigenvalue weighted by molar-refractivity contribution is -0.139. The summed E-state index contributed by atoms with van der Waals surface area (Å²) in [5.74, 6) is -1.32. The second-order valence-corrected chi connectivity index (χ2v) is 9.69. The van der Waals surface area contributed by atoms with Gasteiger partial charge in [0, 0.05) is 13.1 Å². The van der Waals surface area contributed by atoms with E-state index in [1.165, 1.54) is 29.2 Å². The van der Waals surface area contributed by atoms with Crippen LogP contribution in [-0.2, 0) is 26.2 Å². The molecule has 0 saturated carbocycles.